The summed E-state index contributed by atoms with van der Waals surface area (Å²) in [6.07, 6.45) is -11.6. The van der Waals surface area contributed by atoms with Gasteiger partial charge >= 0.3 is 0 Å². The van der Waals surface area contributed by atoms with Gasteiger partial charge in [0.25, 0.3) is 0 Å². The lowest BCUT2D eigenvalue weighted by atomic mass is 9.85. The molecule has 0 aromatic heterocycles. The molecule has 0 aromatic carbocycles. The van der Waals surface area contributed by atoms with Crippen LogP contribution in [0, 0.1) is 0 Å². The number of allylic oxidation sites excluding steroid dienone is 1. The summed E-state index contributed by atoms with van der Waals surface area (Å²) >= 11 is 0. The Morgan fingerprint density at radius 1 is 0.769 bits per heavy atom. The topological polar surface area (TPSA) is 286 Å². The van der Waals surface area contributed by atoms with E-state index in [9.17, 15) is 40.9 Å². The molecular formula is C23H43N3O13. The van der Waals surface area contributed by atoms with Crippen LogP contribution in [0.2, 0.25) is 0 Å². The summed E-state index contributed by atoms with van der Waals surface area (Å²) in [6, 6.07) is -3.96. The molecule has 3 fully saturated rings. The zero-order chi connectivity index (χ0) is 29.1. The van der Waals surface area contributed by atoms with Gasteiger partial charge in [-0.15, -0.1) is 0 Å². The highest BCUT2D eigenvalue weighted by Gasteiger charge is 2.55. The maximum atomic E-state index is 11.0. The van der Waals surface area contributed by atoms with Gasteiger partial charge in [-0.05, 0) is 6.42 Å². The van der Waals surface area contributed by atoms with Gasteiger partial charge in [-0.2, -0.15) is 0 Å². The molecule has 0 bridgehead atoms. The number of nitrogens with two attached hydrogens (primary N) is 3. The van der Waals surface area contributed by atoms with E-state index in [1.54, 1.807) is 6.08 Å². The minimum Gasteiger partial charge on any atom is -0.394 e. The van der Waals surface area contributed by atoms with E-state index in [-0.39, 0.29) is 0 Å². The predicted molar refractivity (Wildman–Crippen MR) is 130 cm³/mol. The molecule has 2 unspecified atom stereocenters. The van der Waals surface area contributed by atoms with Crippen LogP contribution in [0.15, 0.2) is 12.2 Å². The van der Waals surface area contributed by atoms with Crippen molar-refractivity contribution in [3.8, 4) is 0 Å². The van der Waals surface area contributed by atoms with Crippen molar-refractivity contribution in [2.45, 2.75) is 111 Å². The Morgan fingerprint density at radius 3 is 1.87 bits per heavy atom. The van der Waals surface area contributed by atoms with Crippen LogP contribution in [0.1, 0.15) is 19.8 Å². The van der Waals surface area contributed by atoms with Gasteiger partial charge in [-0.3, -0.25) is 0 Å². The van der Waals surface area contributed by atoms with Gasteiger partial charge in [0.15, 0.2) is 18.9 Å². The lowest BCUT2D eigenvalue weighted by molar-refractivity contribution is -0.355. The first-order valence-electron chi connectivity index (χ1n) is 12.9. The van der Waals surface area contributed by atoms with Gasteiger partial charge in [-0.1, -0.05) is 25.5 Å². The zero-order valence-corrected chi connectivity index (χ0v) is 21.6. The van der Waals surface area contributed by atoms with Crippen LogP contribution in [0.3, 0.4) is 0 Å². The second-order valence-corrected chi connectivity index (χ2v) is 10.1. The number of hydrogen-bond donors (Lipinski definition) is 11. The molecule has 0 amide bonds. The highest BCUT2D eigenvalue weighted by Crippen LogP contribution is 2.34. The van der Waals surface area contributed by atoms with E-state index < -0.39 is 111 Å². The van der Waals surface area contributed by atoms with Crippen LogP contribution in [-0.2, 0) is 23.7 Å². The summed E-state index contributed by atoms with van der Waals surface area (Å²) in [7, 11) is 0. The Morgan fingerprint density at radius 2 is 1.31 bits per heavy atom. The Labute approximate surface area is 225 Å². The molecule has 0 radical (unpaired) electrons. The number of hydrogen-bond acceptors (Lipinski definition) is 16. The molecule has 3 heterocycles. The van der Waals surface area contributed by atoms with Crippen molar-refractivity contribution in [1.29, 1.82) is 0 Å². The third-order valence-electron chi connectivity index (χ3n) is 7.37. The normalized spacial score (nSPS) is 49.4. The summed E-state index contributed by atoms with van der Waals surface area (Å²) in [6.45, 7) is -0.173. The van der Waals surface area contributed by atoms with E-state index in [1.807, 2.05) is 6.92 Å². The van der Waals surface area contributed by atoms with Crippen molar-refractivity contribution >= 4 is 0 Å². The Kier molecular flexibility index (Phi) is 11.6. The maximum Gasteiger partial charge on any atom is 0.177 e. The first-order chi connectivity index (χ1) is 18.5. The monoisotopic (exact) mass is 569 g/mol. The van der Waals surface area contributed by atoms with Crippen LogP contribution in [0.25, 0.3) is 0 Å². The largest absolute Gasteiger partial charge is 0.394 e. The summed E-state index contributed by atoms with van der Waals surface area (Å²) in [5, 5.41) is 82.2. The van der Waals surface area contributed by atoms with Crippen LogP contribution < -0.4 is 17.2 Å². The van der Waals surface area contributed by atoms with Crippen molar-refractivity contribution < 1.29 is 64.5 Å². The lowest BCUT2D eigenvalue weighted by Crippen LogP contribution is -2.71. The highest BCUT2D eigenvalue weighted by molar-refractivity contribution is 5.13. The summed E-state index contributed by atoms with van der Waals surface area (Å²) < 4.78 is 28.3. The average Bonchev–Trinajstić information content (AvgIpc) is 2.93. The molecule has 0 saturated carbocycles. The number of aliphatic hydroxyl groups is 8. The van der Waals surface area contributed by atoms with Gasteiger partial charge in [0.2, 0.25) is 0 Å². The molecule has 0 spiro atoms. The van der Waals surface area contributed by atoms with E-state index >= 15 is 0 Å². The Balaban J connectivity index is 1.77. The number of rotatable bonds is 10. The maximum absolute atomic E-state index is 11.0. The van der Waals surface area contributed by atoms with Crippen molar-refractivity contribution in [2.75, 3.05) is 19.8 Å². The van der Waals surface area contributed by atoms with Gasteiger partial charge in [0, 0.05) is 0 Å². The van der Waals surface area contributed by atoms with Crippen molar-refractivity contribution in [1.82, 2.24) is 0 Å². The second-order valence-electron chi connectivity index (χ2n) is 10.1. The van der Waals surface area contributed by atoms with E-state index in [4.69, 9.17) is 40.9 Å². The third kappa shape index (κ3) is 6.62. The molecule has 0 aromatic rings. The van der Waals surface area contributed by atoms with E-state index in [1.165, 1.54) is 6.08 Å². The SMILES string of the molecule is CCC/C=C/[C@]1(CO)O[C@H](OC2[C@@H](CO)O[C@@H](OC3[C@@H](CO)O[C@@H](O)[C@H](N)[C@H]3O)[C@H](N)[C@H]2O)[C@H](N)[C@@H](O)[C@@H]1O. The molecule has 14 N–H and O–H groups in total. The fourth-order valence-electron chi connectivity index (χ4n) is 4.87. The molecule has 15 atom stereocenters. The zero-order valence-electron chi connectivity index (χ0n) is 21.6. The van der Waals surface area contributed by atoms with Crippen LogP contribution in [0.5, 0.6) is 0 Å². The first-order valence-corrected chi connectivity index (χ1v) is 12.9. The molecule has 3 aliphatic rings. The van der Waals surface area contributed by atoms with Crippen LogP contribution >= 0.6 is 0 Å². The number of ether oxygens (including phenoxy) is 5. The Hall–Kier alpha value is -0.900. The standard InChI is InChI=1S/C23H43N3O13/c1-2-3-4-5-23(8-29)19(33)16(32)13(26)22(39-23)38-18-10(7-28)36-21(12(25)15(18)31)37-17-9(6-27)35-20(34)11(24)14(17)30/h4-5,9-22,27-34H,2-3,6-8,24-26H2,1H3/b5-4+/t9-,10-,11-,12-,13-,14-,15-,16-,17?,18?,19+,20-,21+,22+,23-/m1/s1. The second kappa shape index (κ2) is 13.8. The molecule has 3 saturated heterocycles. The van der Waals surface area contributed by atoms with Crippen LogP contribution in [0.4, 0.5) is 0 Å². The van der Waals surface area contributed by atoms with Crippen LogP contribution in [-0.4, -0.2) is 152 Å². The molecular weight excluding hydrogens is 526 g/mol. The number of aliphatic hydroxyl groups excluding tert-OH is 8. The number of unbranched alkanes of at least 4 members (excludes halogenated alkanes) is 1. The fourth-order valence-corrected chi connectivity index (χ4v) is 4.87. The lowest BCUT2D eigenvalue weighted by Gasteiger charge is -2.50. The van der Waals surface area contributed by atoms with Gasteiger partial charge in [0.1, 0.15) is 54.4 Å². The minimum absolute atomic E-state index is 0.602. The van der Waals surface area contributed by atoms with Gasteiger partial charge < -0.3 is 81.7 Å². The quantitative estimate of drug-likeness (QED) is 0.109. The summed E-state index contributed by atoms with van der Waals surface area (Å²) in [5.41, 5.74) is 16.2. The molecule has 3 aliphatic heterocycles. The van der Waals surface area contributed by atoms with Crippen molar-refractivity contribution in [3.05, 3.63) is 12.2 Å². The Bertz CT molecular complexity index is 794. The van der Waals surface area contributed by atoms with E-state index in [0.29, 0.717) is 6.42 Å². The molecule has 3 rings (SSSR count). The van der Waals surface area contributed by atoms with Crippen molar-refractivity contribution in [3.63, 3.8) is 0 Å². The average molecular weight is 570 g/mol. The smallest absolute Gasteiger partial charge is 0.177 e. The third-order valence-corrected chi connectivity index (χ3v) is 7.37. The molecule has 228 valence electrons. The van der Waals surface area contributed by atoms with E-state index in [0.717, 1.165) is 6.42 Å². The summed E-state index contributed by atoms with van der Waals surface area (Å²) in [4.78, 5) is 0. The molecule has 16 heteroatoms. The van der Waals surface area contributed by atoms with E-state index in [2.05, 4.69) is 0 Å². The van der Waals surface area contributed by atoms with Gasteiger partial charge in [0.05, 0.1) is 37.9 Å². The van der Waals surface area contributed by atoms with Crippen molar-refractivity contribution in [2.24, 2.45) is 17.2 Å². The summed E-state index contributed by atoms with van der Waals surface area (Å²) in [5.74, 6) is 0. The highest BCUT2D eigenvalue weighted by atomic mass is 16.7. The molecule has 16 nitrogen and oxygen atoms in total. The predicted octanol–water partition coefficient (Wildman–Crippen LogP) is -5.95. The minimum atomic E-state index is -1.77. The molecule has 39 heavy (non-hydrogen) atoms. The first kappa shape index (κ1) is 32.6. The molecule has 0 aliphatic carbocycles. The van der Waals surface area contributed by atoms with Gasteiger partial charge in [-0.25, -0.2) is 0 Å². The fraction of sp³-hybridized carbons (Fsp3) is 0.913.